The number of aliphatic hydroxyl groups excluding tert-OH is 1. The second-order valence-electron chi connectivity index (χ2n) is 9.32. The fourth-order valence-corrected chi connectivity index (χ4v) is 4.68. The Bertz CT molecular complexity index is 929. The van der Waals surface area contributed by atoms with E-state index in [1.807, 2.05) is 30.3 Å². The standard InChI is InChI=1S/C27H35N3O4/c31-25-12-7-17-30(27(33)28-22-10-5-2-6-11-22)18-24(25)29-26(32)21-13-15-23(16-14-21)34-19-20-8-3-1-4-9-20/h1,3-4,8-9,13-16,22,24-25,31H,2,5-7,10-12,17-19H2,(H,28,33)(H,29,32). The first-order chi connectivity index (χ1) is 16.6. The van der Waals surface area contributed by atoms with Crippen LogP contribution < -0.4 is 15.4 Å². The summed E-state index contributed by atoms with van der Waals surface area (Å²) in [5.74, 6) is 0.411. The number of hydrogen-bond donors (Lipinski definition) is 3. The summed E-state index contributed by atoms with van der Waals surface area (Å²) < 4.78 is 5.79. The predicted molar refractivity (Wildman–Crippen MR) is 131 cm³/mol. The number of rotatable bonds is 6. The molecule has 0 radical (unpaired) electrons. The molecule has 3 N–H and O–H groups in total. The number of carbonyl (C=O) groups is 2. The molecule has 182 valence electrons. The molecule has 1 saturated heterocycles. The van der Waals surface area contributed by atoms with Crippen molar-refractivity contribution in [3.8, 4) is 5.75 Å². The van der Waals surface area contributed by atoms with Crippen molar-refractivity contribution in [3.05, 3.63) is 65.7 Å². The SMILES string of the molecule is O=C(NC1CN(C(=O)NC2CCCCC2)CCCC1O)c1ccc(OCc2ccccc2)cc1. The van der Waals surface area contributed by atoms with Gasteiger partial charge in [-0.25, -0.2) is 4.79 Å². The van der Waals surface area contributed by atoms with Gasteiger partial charge in [0.1, 0.15) is 12.4 Å². The van der Waals surface area contributed by atoms with Crippen molar-refractivity contribution in [1.82, 2.24) is 15.5 Å². The molecule has 3 amide bonds. The largest absolute Gasteiger partial charge is 0.489 e. The highest BCUT2D eigenvalue weighted by atomic mass is 16.5. The first-order valence-corrected chi connectivity index (χ1v) is 12.4. The Morgan fingerprint density at radius 3 is 2.38 bits per heavy atom. The van der Waals surface area contributed by atoms with E-state index in [4.69, 9.17) is 4.74 Å². The maximum Gasteiger partial charge on any atom is 0.317 e. The number of benzene rings is 2. The molecule has 2 aromatic rings. The van der Waals surface area contributed by atoms with Crippen LogP contribution in [-0.4, -0.2) is 53.2 Å². The van der Waals surface area contributed by atoms with E-state index in [1.165, 1.54) is 6.42 Å². The fraction of sp³-hybridized carbons (Fsp3) is 0.481. The van der Waals surface area contributed by atoms with Crippen LogP contribution in [0.1, 0.15) is 60.9 Å². The third-order valence-corrected chi connectivity index (χ3v) is 6.71. The van der Waals surface area contributed by atoms with Gasteiger partial charge in [0.15, 0.2) is 0 Å². The lowest BCUT2D eigenvalue weighted by Gasteiger charge is -2.30. The Hall–Kier alpha value is -3.06. The van der Waals surface area contributed by atoms with Crippen LogP contribution in [0.15, 0.2) is 54.6 Å². The summed E-state index contributed by atoms with van der Waals surface area (Å²) in [5, 5.41) is 16.7. The molecule has 1 heterocycles. The molecule has 34 heavy (non-hydrogen) atoms. The third-order valence-electron chi connectivity index (χ3n) is 6.71. The van der Waals surface area contributed by atoms with Gasteiger partial charge in [-0.2, -0.15) is 0 Å². The van der Waals surface area contributed by atoms with Gasteiger partial charge in [0.05, 0.1) is 12.1 Å². The van der Waals surface area contributed by atoms with Crippen molar-refractivity contribution >= 4 is 11.9 Å². The number of nitrogens with one attached hydrogen (secondary N) is 2. The summed E-state index contributed by atoms with van der Waals surface area (Å²) in [5.41, 5.74) is 1.56. The van der Waals surface area contributed by atoms with Crippen LogP contribution in [0.3, 0.4) is 0 Å². The zero-order valence-corrected chi connectivity index (χ0v) is 19.6. The van der Waals surface area contributed by atoms with Crippen LogP contribution in [-0.2, 0) is 6.61 Å². The van der Waals surface area contributed by atoms with Crippen LogP contribution in [0.5, 0.6) is 5.75 Å². The van der Waals surface area contributed by atoms with Gasteiger partial charge in [0.2, 0.25) is 0 Å². The molecule has 0 aromatic heterocycles. The van der Waals surface area contributed by atoms with Gasteiger partial charge < -0.3 is 25.4 Å². The number of nitrogens with zero attached hydrogens (tertiary/aromatic N) is 1. The van der Waals surface area contributed by atoms with Crippen molar-refractivity contribution in [2.24, 2.45) is 0 Å². The highest BCUT2D eigenvalue weighted by Gasteiger charge is 2.30. The summed E-state index contributed by atoms with van der Waals surface area (Å²) in [7, 11) is 0. The number of amides is 3. The maximum absolute atomic E-state index is 12.9. The number of carbonyl (C=O) groups excluding carboxylic acids is 2. The van der Waals surface area contributed by atoms with Gasteiger partial charge in [-0.3, -0.25) is 4.79 Å². The second kappa shape index (κ2) is 11.9. The highest BCUT2D eigenvalue weighted by Crippen LogP contribution is 2.19. The van der Waals surface area contributed by atoms with Gasteiger partial charge >= 0.3 is 6.03 Å². The van der Waals surface area contributed by atoms with Gasteiger partial charge in [-0.1, -0.05) is 49.6 Å². The van der Waals surface area contributed by atoms with Gasteiger partial charge in [-0.15, -0.1) is 0 Å². The molecule has 2 aromatic carbocycles. The fourth-order valence-electron chi connectivity index (χ4n) is 4.68. The maximum atomic E-state index is 12.9. The van der Waals surface area contributed by atoms with Crippen molar-refractivity contribution in [2.75, 3.05) is 13.1 Å². The summed E-state index contributed by atoms with van der Waals surface area (Å²) in [6, 6.07) is 16.5. The summed E-state index contributed by atoms with van der Waals surface area (Å²) in [6.07, 6.45) is 6.14. The molecule has 0 spiro atoms. The molecule has 0 bridgehead atoms. The molecule has 2 fully saturated rings. The zero-order valence-electron chi connectivity index (χ0n) is 19.6. The number of aliphatic hydroxyl groups is 1. The Labute approximate surface area is 201 Å². The molecular weight excluding hydrogens is 430 g/mol. The van der Waals surface area contributed by atoms with E-state index in [1.54, 1.807) is 29.2 Å². The van der Waals surface area contributed by atoms with Crippen molar-refractivity contribution in [3.63, 3.8) is 0 Å². The molecule has 4 rings (SSSR count). The Kier molecular flexibility index (Phi) is 8.41. The number of hydrogen-bond acceptors (Lipinski definition) is 4. The number of ether oxygens (including phenoxy) is 1. The minimum Gasteiger partial charge on any atom is -0.489 e. The molecule has 1 saturated carbocycles. The van der Waals surface area contributed by atoms with E-state index >= 15 is 0 Å². The molecule has 2 unspecified atom stereocenters. The Balaban J connectivity index is 1.31. The van der Waals surface area contributed by atoms with Crippen LogP contribution >= 0.6 is 0 Å². The third kappa shape index (κ3) is 6.73. The second-order valence-corrected chi connectivity index (χ2v) is 9.32. The lowest BCUT2D eigenvalue weighted by molar-refractivity contribution is 0.0808. The number of likely N-dealkylation sites (tertiary alicyclic amines) is 1. The summed E-state index contributed by atoms with van der Waals surface area (Å²) >= 11 is 0. The predicted octanol–water partition coefficient (Wildman–Crippen LogP) is 3.86. The molecule has 1 aliphatic carbocycles. The van der Waals surface area contributed by atoms with Crippen LogP contribution in [0, 0.1) is 0 Å². The van der Waals surface area contributed by atoms with E-state index in [0.29, 0.717) is 43.9 Å². The average molecular weight is 466 g/mol. The molecule has 7 nitrogen and oxygen atoms in total. The lowest BCUT2D eigenvalue weighted by atomic mass is 9.96. The molecule has 2 aliphatic rings. The average Bonchev–Trinajstić information content (AvgIpc) is 3.05. The zero-order chi connectivity index (χ0) is 23.8. The monoisotopic (exact) mass is 465 g/mol. The number of urea groups is 1. The molecule has 7 heteroatoms. The van der Waals surface area contributed by atoms with Crippen molar-refractivity contribution in [2.45, 2.75) is 69.7 Å². The summed E-state index contributed by atoms with van der Waals surface area (Å²) in [4.78, 5) is 27.4. The highest BCUT2D eigenvalue weighted by molar-refractivity contribution is 5.94. The van der Waals surface area contributed by atoms with Crippen molar-refractivity contribution < 1.29 is 19.4 Å². The summed E-state index contributed by atoms with van der Waals surface area (Å²) in [6.45, 7) is 1.33. The quantitative estimate of drug-likeness (QED) is 0.604. The van der Waals surface area contributed by atoms with E-state index in [9.17, 15) is 14.7 Å². The van der Waals surface area contributed by atoms with Crippen LogP contribution in [0.2, 0.25) is 0 Å². The van der Waals surface area contributed by atoms with E-state index in [-0.39, 0.29) is 18.0 Å². The topological polar surface area (TPSA) is 90.9 Å². The first kappa shape index (κ1) is 24.1. The molecule has 2 atom stereocenters. The van der Waals surface area contributed by atoms with E-state index in [0.717, 1.165) is 31.2 Å². The normalized spacial score (nSPS) is 21.4. The first-order valence-electron chi connectivity index (χ1n) is 12.4. The van der Waals surface area contributed by atoms with E-state index in [2.05, 4.69) is 10.6 Å². The van der Waals surface area contributed by atoms with Crippen LogP contribution in [0.25, 0.3) is 0 Å². The Morgan fingerprint density at radius 1 is 0.912 bits per heavy atom. The van der Waals surface area contributed by atoms with Crippen molar-refractivity contribution in [1.29, 1.82) is 0 Å². The minimum absolute atomic E-state index is 0.0971. The molecule has 1 aliphatic heterocycles. The smallest absolute Gasteiger partial charge is 0.317 e. The van der Waals surface area contributed by atoms with Gasteiger partial charge in [0.25, 0.3) is 5.91 Å². The van der Waals surface area contributed by atoms with Crippen LogP contribution in [0.4, 0.5) is 4.79 Å². The Morgan fingerprint density at radius 2 is 1.65 bits per heavy atom. The molecular formula is C27H35N3O4. The minimum atomic E-state index is -0.690. The van der Waals surface area contributed by atoms with Gasteiger partial charge in [-0.05, 0) is 55.5 Å². The lowest BCUT2D eigenvalue weighted by Crippen LogP contribution is -2.53. The van der Waals surface area contributed by atoms with Gasteiger partial charge in [0, 0.05) is 24.7 Å². The van der Waals surface area contributed by atoms with E-state index < -0.39 is 12.1 Å².